The summed E-state index contributed by atoms with van der Waals surface area (Å²) in [6, 6.07) is 5.99. The summed E-state index contributed by atoms with van der Waals surface area (Å²) in [7, 11) is 1.67. The average molecular weight is 223 g/mol. The van der Waals surface area contributed by atoms with Gasteiger partial charge >= 0.3 is 0 Å². The molecule has 1 unspecified atom stereocenters. The Morgan fingerprint density at radius 3 is 3.00 bits per heavy atom. The van der Waals surface area contributed by atoms with Crippen LogP contribution in [0.2, 0.25) is 0 Å². The van der Waals surface area contributed by atoms with Crippen LogP contribution in [0.1, 0.15) is 18.4 Å². The number of anilines is 1. The van der Waals surface area contributed by atoms with E-state index in [1.165, 1.54) is 24.2 Å². The number of ether oxygens (including phenoxy) is 1. The third-order valence-electron chi connectivity index (χ3n) is 2.82. The largest absolute Gasteiger partial charge is 0.497 e. The van der Waals surface area contributed by atoms with Gasteiger partial charge in [0, 0.05) is 17.0 Å². The summed E-state index contributed by atoms with van der Waals surface area (Å²) in [4.78, 5) is 0. The highest BCUT2D eigenvalue weighted by molar-refractivity contribution is 8.00. The Kier molecular flexibility index (Phi) is 3.41. The molecule has 3 heteroatoms. The molecule has 0 aliphatic carbocycles. The molecule has 1 aliphatic heterocycles. The van der Waals surface area contributed by atoms with Crippen molar-refractivity contribution in [2.24, 2.45) is 0 Å². The molecule has 1 aromatic carbocycles. The van der Waals surface area contributed by atoms with Crippen LogP contribution in [-0.4, -0.2) is 18.1 Å². The van der Waals surface area contributed by atoms with Crippen LogP contribution in [0.4, 0.5) is 5.69 Å². The maximum Gasteiger partial charge on any atom is 0.120 e. The Hall–Kier alpha value is -0.830. The van der Waals surface area contributed by atoms with Crippen LogP contribution in [0, 0.1) is 0 Å². The molecular formula is C12H17NOS. The van der Waals surface area contributed by atoms with Crippen molar-refractivity contribution in [2.45, 2.75) is 24.5 Å². The van der Waals surface area contributed by atoms with E-state index in [0.717, 1.165) is 23.1 Å². The minimum absolute atomic E-state index is 0.765. The molecule has 1 aliphatic rings. The van der Waals surface area contributed by atoms with Gasteiger partial charge in [0.2, 0.25) is 0 Å². The highest BCUT2D eigenvalue weighted by Crippen LogP contribution is 2.31. The van der Waals surface area contributed by atoms with Crippen LogP contribution in [0.3, 0.4) is 0 Å². The van der Waals surface area contributed by atoms with Crippen LogP contribution in [0.15, 0.2) is 18.2 Å². The average Bonchev–Trinajstić information content (AvgIpc) is 2.74. The molecule has 0 saturated carbocycles. The molecule has 15 heavy (non-hydrogen) atoms. The summed E-state index contributed by atoms with van der Waals surface area (Å²) in [5.41, 5.74) is 8.11. The molecule has 1 heterocycles. The van der Waals surface area contributed by atoms with Crippen molar-refractivity contribution in [3.63, 3.8) is 0 Å². The second-order valence-electron chi connectivity index (χ2n) is 3.90. The molecule has 2 rings (SSSR count). The van der Waals surface area contributed by atoms with Gasteiger partial charge in [-0.1, -0.05) is 6.07 Å². The molecule has 1 saturated heterocycles. The van der Waals surface area contributed by atoms with Crippen molar-refractivity contribution in [1.82, 2.24) is 0 Å². The second-order valence-corrected chi connectivity index (χ2v) is 5.31. The van der Waals surface area contributed by atoms with Crippen LogP contribution in [0.25, 0.3) is 0 Å². The zero-order valence-electron chi connectivity index (χ0n) is 9.03. The number of methoxy groups -OCH3 is 1. The van der Waals surface area contributed by atoms with Crippen LogP contribution >= 0.6 is 11.8 Å². The molecule has 2 nitrogen and oxygen atoms in total. The third-order valence-corrected chi connectivity index (χ3v) is 4.22. The fraction of sp³-hybridized carbons (Fsp3) is 0.500. The molecule has 0 bridgehead atoms. The van der Waals surface area contributed by atoms with E-state index in [-0.39, 0.29) is 0 Å². The number of hydrogen-bond acceptors (Lipinski definition) is 3. The third kappa shape index (κ3) is 2.59. The fourth-order valence-corrected chi connectivity index (χ4v) is 3.23. The van der Waals surface area contributed by atoms with Gasteiger partial charge in [0.25, 0.3) is 0 Å². The van der Waals surface area contributed by atoms with E-state index in [9.17, 15) is 0 Å². The van der Waals surface area contributed by atoms with E-state index in [0.29, 0.717) is 0 Å². The minimum atomic E-state index is 0.765. The summed E-state index contributed by atoms with van der Waals surface area (Å²) in [5, 5.41) is 0.765. The normalized spacial score (nSPS) is 20.5. The van der Waals surface area contributed by atoms with Crippen molar-refractivity contribution >= 4 is 17.4 Å². The quantitative estimate of drug-likeness (QED) is 0.800. The molecule has 1 fully saturated rings. The summed E-state index contributed by atoms with van der Waals surface area (Å²) in [6.07, 6.45) is 3.78. The number of benzene rings is 1. The maximum atomic E-state index is 5.99. The molecule has 0 amide bonds. The zero-order chi connectivity index (χ0) is 10.7. The first-order valence-electron chi connectivity index (χ1n) is 5.33. The highest BCUT2D eigenvalue weighted by atomic mass is 32.2. The maximum absolute atomic E-state index is 5.99. The van der Waals surface area contributed by atoms with Gasteiger partial charge in [0.05, 0.1) is 7.11 Å². The second kappa shape index (κ2) is 4.79. The van der Waals surface area contributed by atoms with Crippen molar-refractivity contribution in [3.8, 4) is 5.75 Å². The predicted octanol–water partition coefficient (Wildman–Crippen LogP) is 2.72. The van der Waals surface area contributed by atoms with Crippen molar-refractivity contribution < 1.29 is 4.74 Å². The Morgan fingerprint density at radius 1 is 1.53 bits per heavy atom. The standard InChI is InChI=1S/C12H17NOS/c1-14-10-5-4-9(12(13)8-10)7-11-3-2-6-15-11/h4-5,8,11H,2-3,6-7,13H2,1H3. The fourth-order valence-electron chi connectivity index (χ4n) is 1.94. The van der Waals surface area contributed by atoms with Gasteiger partial charge in [-0.3, -0.25) is 0 Å². The first kappa shape index (κ1) is 10.7. The molecule has 0 spiro atoms. The first-order valence-corrected chi connectivity index (χ1v) is 6.38. The summed E-state index contributed by atoms with van der Waals surface area (Å²) >= 11 is 2.07. The molecule has 0 aromatic heterocycles. The highest BCUT2D eigenvalue weighted by Gasteiger charge is 2.17. The Bertz CT molecular complexity index is 334. The molecule has 2 N–H and O–H groups in total. The number of thioether (sulfide) groups is 1. The van der Waals surface area contributed by atoms with Crippen LogP contribution < -0.4 is 10.5 Å². The zero-order valence-corrected chi connectivity index (χ0v) is 9.85. The smallest absolute Gasteiger partial charge is 0.120 e. The summed E-state index contributed by atoms with van der Waals surface area (Å²) < 4.78 is 5.13. The Morgan fingerprint density at radius 2 is 2.40 bits per heavy atom. The lowest BCUT2D eigenvalue weighted by Gasteiger charge is -2.11. The molecule has 1 aromatic rings. The first-order chi connectivity index (χ1) is 7.29. The molecule has 0 radical (unpaired) electrons. The summed E-state index contributed by atoms with van der Waals surface area (Å²) in [5.74, 6) is 2.15. The monoisotopic (exact) mass is 223 g/mol. The SMILES string of the molecule is COc1ccc(CC2CCCS2)c(N)c1. The van der Waals surface area contributed by atoms with Crippen molar-refractivity contribution in [1.29, 1.82) is 0 Å². The van der Waals surface area contributed by atoms with Gasteiger partial charge in [0.15, 0.2) is 0 Å². The molecule has 1 atom stereocenters. The molecular weight excluding hydrogens is 206 g/mol. The van der Waals surface area contributed by atoms with Gasteiger partial charge in [-0.15, -0.1) is 0 Å². The van der Waals surface area contributed by atoms with E-state index in [2.05, 4.69) is 17.8 Å². The molecule has 82 valence electrons. The van der Waals surface area contributed by atoms with Crippen LogP contribution in [0.5, 0.6) is 5.75 Å². The van der Waals surface area contributed by atoms with E-state index in [4.69, 9.17) is 10.5 Å². The van der Waals surface area contributed by atoms with E-state index >= 15 is 0 Å². The van der Waals surface area contributed by atoms with Crippen molar-refractivity contribution in [3.05, 3.63) is 23.8 Å². The number of rotatable bonds is 3. The van der Waals surface area contributed by atoms with Gasteiger partial charge in [-0.2, -0.15) is 11.8 Å². The van der Waals surface area contributed by atoms with Gasteiger partial charge in [-0.25, -0.2) is 0 Å². The van der Waals surface area contributed by atoms with E-state index in [1.807, 2.05) is 12.1 Å². The lowest BCUT2D eigenvalue weighted by Crippen LogP contribution is -2.04. The Labute approximate surface area is 95.2 Å². The number of hydrogen-bond donors (Lipinski definition) is 1. The van der Waals surface area contributed by atoms with Gasteiger partial charge < -0.3 is 10.5 Å². The van der Waals surface area contributed by atoms with E-state index in [1.54, 1.807) is 7.11 Å². The van der Waals surface area contributed by atoms with E-state index < -0.39 is 0 Å². The number of nitrogens with two attached hydrogens (primary N) is 1. The van der Waals surface area contributed by atoms with Crippen LogP contribution in [-0.2, 0) is 6.42 Å². The van der Waals surface area contributed by atoms with Gasteiger partial charge in [-0.05, 0) is 36.6 Å². The van der Waals surface area contributed by atoms with Crippen molar-refractivity contribution in [2.75, 3.05) is 18.6 Å². The predicted molar refractivity (Wildman–Crippen MR) is 66.6 cm³/mol. The Balaban J connectivity index is 2.07. The topological polar surface area (TPSA) is 35.2 Å². The minimum Gasteiger partial charge on any atom is -0.497 e. The lowest BCUT2D eigenvalue weighted by atomic mass is 10.1. The number of nitrogen functional groups attached to an aromatic ring is 1. The van der Waals surface area contributed by atoms with Gasteiger partial charge in [0.1, 0.15) is 5.75 Å². The summed E-state index contributed by atoms with van der Waals surface area (Å²) in [6.45, 7) is 0. The lowest BCUT2D eigenvalue weighted by molar-refractivity contribution is 0.415.